The summed E-state index contributed by atoms with van der Waals surface area (Å²) in [7, 11) is 0. The Kier molecular flexibility index (Phi) is 2.83. The predicted molar refractivity (Wildman–Crippen MR) is 62.0 cm³/mol. The molecule has 2 nitrogen and oxygen atoms in total. The molecule has 2 rings (SSSR count). The van der Waals surface area contributed by atoms with E-state index in [1.807, 2.05) is 35.0 Å². The van der Waals surface area contributed by atoms with Crippen LogP contribution in [0.2, 0.25) is 0 Å². The van der Waals surface area contributed by atoms with Gasteiger partial charge in [0, 0.05) is 12.3 Å². The molecule has 1 aliphatic rings. The first kappa shape index (κ1) is 10.1. The third-order valence-electron chi connectivity index (χ3n) is 2.33. The van der Waals surface area contributed by atoms with Gasteiger partial charge < -0.3 is 4.90 Å². The van der Waals surface area contributed by atoms with Gasteiger partial charge in [0.25, 0.3) is 5.91 Å². The zero-order chi connectivity index (χ0) is 10.1. The molecule has 0 aliphatic carbocycles. The van der Waals surface area contributed by atoms with Crippen LogP contribution in [0, 0.1) is 6.92 Å². The van der Waals surface area contributed by atoms with E-state index >= 15 is 0 Å². The molecule has 14 heavy (non-hydrogen) atoms. The fraction of sp³-hybridized carbons (Fsp3) is 0.500. The highest BCUT2D eigenvalue weighted by Gasteiger charge is 2.27. The van der Waals surface area contributed by atoms with Gasteiger partial charge in [0.2, 0.25) is 0 Å². The van der Waals surface area contributed by atoms with Crippen LogP contribution in [0.3, 0.4) is 0 Å². The second-order valence-corrected chi connectivity index (χ2v) is 5.79. The van der Waals surface area contributed by atoms with E-state index in [2.05, 4.69) is 6.92 Å². The first-order valence-electron chi connectivity index (χ1n) is 4.66. The monoisotopic (exact) mass is 227 g/mol. The summed E-state index contributed by atoms with van der Waals surface area (Å²) in [6.07, 6.45) is 0. The van der Waals surface area contributed by atoms with Crippen molar-refractivity contribution in [3.63, 3.8) is 0 Å². The molecule has 1 atom stereocenters. The topological polar surface area (TPSA) is 20.3 Å². The van der Waals surface area contributed by atoms with Gasteiger partial charge in [0.1, 0.15) is 0 Å². The summed E-state index contributed by atoms with van der Waals surface area (Å²) in [6, 6.07) is 1.97. The number of hydrogen-bond acceptors (Lipinski definition) is 3. The highest BCUT2D eigenvalue weighted by molar-refractivity contribution is 8.00. The molecular formula is C10H13NOS2. The van der Waals surface area contributed by atoms with E-state index in [4.69, 9.17) is 0 Å². The summed E-state index contributed by atoms with van der Waals surface area (Å²) in [4.78, 5) is 14.8. The quantitative estimate of drug-likeness (QED) is 0.735. The van der Waals surface area contributed by atoms with E-state index in [-0.39, 0.29) is 5.91 Å². The third-order valence-corrected chi connectivity index (χ3v) is 4.52. The van der Waals surface area contributed by atoms with E-state index in [1.165, 1.54) is 5.56 Å². The summed E-state index contributed by atoms with van der Waals surface area (Å²) < 4.78 is 0. The Bertz CT molecular complexity index is 348. The minimum atomic E-state index is 0.195. The highest BCUT2D eigenvalue weighted by atomic mass is 32.2. The SMILES string of the molecule is Cc1csc(C(=O)N2CCSC2C)c1. The Labute approximate surface area is 92.3 Å². The summed E-state index contributed by atoms with van der Waals surface area (Å²) in [5.74, 6) is 1.26. The van der Waals surface area contributed by atoms with Crippen molar-refractivity contribution in [2.24, 2.45) is 0 Å². The van der Waals surface area contributed by atoms with E-state index in [0.717, 1.165) is 17.2 Å². The number of thiophene rings is 1. The van der Waals surface area contributed by atoms with E-state index in [9.17, 15) is 4.79 Å². The molecule has 1 saturated heterocycles. The van der Waals surface area contributed by atoms with E-state index in [0.29, 0.717) is 5.37 Å². The van der Waals surface area contributed by atoms with Gasteiger partial charge in [-0.25, -0.2) is 0 Å². The molecule has 0 aromatic carbocycles. The molecule has 1 unspecified atom stereocenters. The number of carbonyl (C=O) groups excluding carboxylic acids is 1. The molecule has 1 amide bonds. The maximum Gasteiger partial charge on any atom is 0.264 e. The first-order chi connectivity index (χ1) is 6.68. The zero-order valence-electron chi connectivity index (χ0n) is 8.32. The smallest absolute Gasteiger partial charge is 0.264 e. The minimum absolute atomic E-state index is 0.195. The van der Waals surface area contributed by atoms with Crippen molar-refractivity contribution in [3.05, 3.63) is 21.9 Å². The number of rotatable bonds is 1. The van der Waals surface area contributed by atoms with Gasteiger partial charge in [0.15, 0.2) is 0 Å². The second-order valence-electron chi connectivity index (χ2n) is 3.46. The van der Waals surface area contributed by atoms with Crippen LogP contribution in [0.15, 0.2) is 11.4 Å². The normalized spacial score (nSPS) is 21.6. The number of amides is 1. The van der Waals surface area contributed by atoms with E-state index < -0.39 is 0 Å². The number of carbonyl (C=O) groups is 1. The Morgan fingerprint density at radius 3 is 2.93 bits per heavy atom. The lowest BCUT2D eigenvalue weighted by molar-refractivity contribution is 0.0773. The average Bonchev–Trinajstić information content (AvgIpc) is 2.73. The zero-order valence-corrected chi connectivity index (χ0v) is 9.95. The van der Waals surface area contributed by atoms with Crippen LogP contribution < -0.4 is 0 Å². The van der Waals surface area contributed by atoms with Crippen molar-refractivity contribution in [3.8, 4) is 0 Å². The third kappa shape index (κ3) is 1.81. The van der Waals surface area contributed by atoms with Gasteiger partial charge in [0.05, 0.1) is 10.3 Å². The molecule has 4 heteroatoms. The molecule has 1 aromatic heterocycles. The number of thioether (sulfide) groups is 1. The summed E-state index contributed by atoms with van der Waals surface area (Å²) >= 11 is 3.39. The van der Waals surface area contributed by atoms with Crippen LogP contribution in [0.1, 0.15) is 22.2 Å². The predicted octanol–water partition coefficient (Wildman–Crippen LogP) is 2.59. The lowest BCUT2D eigenvalue weighted by Crippen LogP contribution is -2.32. The molecule has 0 N–H and O–H groups in total. The molecule has 76 valence electrons. The molecule has 0 saturated carbocycles. The molecule has 1 aromatic rings. The number of aryl methyl sites for hydroxylation is 1. The van der Waals surface area contributed by atoms with E-state index in [1.54, 1.807) is 11.3 Å². The van der Waals surface area contributed by atoms with Crippen LogP contribution in [0.25, 0.3) is 0 Å². The van der Waals surface area contributed by atoms with Crippen LogP contribution in [0.5, 0.6) is 0 Å². The molecule has 0 spiro atoms. The van der Waals surface area contributed by atoms with Crippen LogP contribution >= 0.6 is 23.1 Å². The lowest BCUT2D eigenvalue weighted by atomic mass is 10.3. The van der Waals surface area contributed by atoms with Crippen molar-refractivity contribution in [1.82, 2.24) is 4.90 Å². The molecule has 1 fully saturated rings. The lowest BCUT2D eigenvalue weighted by Gasteiger charge is -2.19. The van der Waals surface area contributed by atoms with Gasteiger partial charge in [-0.15, -0.1) is 23.1 Å². The number of nitrogens with zero attached hydrogens (tertiary/aromatic N) is 1. The molecule has 1 aliphatic heterocycles. The van der Waals surface area contributed by atoms with Gasteiger partial charge in [-0.3, -0.25) is 4.79 Å². The highest BCUT2D eigenvalue weighted by Crippen LogP contribution is 2.26. The van der Waals surface area contributed by atoms with Crippen LogP contribution in [0.4, 0.5) is 0 Å². The van der Waals surface area contributed by atoms with Crippen molar-refractivity contribution in [2.45, 2.75) is 19.2 Å². The Balaban J connectivity index is 2.15. The van der Waals surface area contributed by atoms with Gasteiger partial charge >= 0.3 is 0 Å². The Morgan fingerprint density at radius 2 is 2.43 bits per heavy atom. The fourth-order valence-corrected chi connectivity index (χ4v) is 3.42. The maximum atomic E-state index is 12.0. The van der Waals surface area contributed by atoms with Crippen molar-refractivity contribution < 1.29 is 4.79 Å². The fourth-order valence-electron chi connectivity index (χ4n) is 1.54. The molecule has 0 radical (unpaired) electrons. The van der Waals surface area contributed by atoms with Gasteiger partial charge in [-0.05, 0) is 30.9 Å². The number of hydrogen-bond donors (Lipinski definition) is 0. The maximum absolute atomic E-state index is 12.0. The first-order valence-corrected chi connectivity index (χ1v) is 6.59. The molecule has 2 heterocycles. The summed E-state index contributed by atoms with van der Waals surface area (Å²) in [6.45, 7) is 5.01. The van der Waals surface area contributed by atoms with Crippen molar-refractivity contribution >= 4 is 29.0 Å². The average molecular weight is 227 g/mol. The molecular weight excluding hydrogens is 214 g/mol. The Morgan fingerprint density at radius 1 is 1.64 bits per heavy atom. The van der Waals surface area contributed by atoms with Crippen LogP contribution in [-0.2, 0) is 0 Å². The minimum Gasteiger partial charge on any atom is -0.325 e. The standard InChI is InChI=1S/C10H13NOS2/c1-7-5-9(14-6-7)10(12)11-3-4-13-8(11)2/h5-6,8H,3-4H2,1-2H3. The van der Waals surface area contributed by atoms with Crippen LogP contribution in [-0.4, -0.2) is 28.5 Å². The van der Waals surface area contributed by atoms with Crippen molar-refractivity contribution in [2.75, 3.05) is 12.3 Å². The largest absolute Gasteiger partial charge is 0.325 e. The molecule has 0 bridgehead atoms. The van der Waals surface area contributed by atoms with Gasteiger partial charge in [-0.1, -0.05) is 0 Å². The summed E-state index contributed by atoms with van der Waals surface area (Å²) in [5, 5.41) is 2.37. The second kappa shape index (κ2) is 3.95. The Hall–Kier alpha value is -0.480. The summed E-state index contributed by atoms with van der Waals surface area (Å²) in [5.41, 5.74) is 1.18. The van der Waals surface area contributed by atoms with Crippen molar-refractivity contribution in [1.29, 1.82) is 0 Å². The van der Waals surface area contributed by atoms with Gasteiger partial charge in [-0.2, -0.15) is 0 Å².